The van der Waals surface area contributed by atoms with Crippen LogP contribution in [0.2, 0.25) is 0 Å². The minimum atomic E-state index is -4.38. The quantitative estimate of drug-likeness (QED) is 0.575. The number of benzene rings is 1. The van der Waals surface area contributed by atoms with Gasteiger partial charge in [0.25, 0.3) is 0 Å². The second-order valence-corrected chi connectivity index (χ2v) is 5.39. The van der Waals surface area contributed by atoms with Gasteiger partial charge in [-0.1, -0.05) is 12.1 Å². The summed E-state index contributed by atoms with van der Waals surface area (Å²) >= 11 is 0. The molecule has 0 aliphatic heterocycles. The number of carbonyl (C=O) groups is 1. The Hall–Kier alpha value is -2.45. The van der Waals surface area contributed by atoms with Crippen molar-refractivity contribution in [1.29, 1.82) is 0 Å². The fraction of sp³-hybridized carbons (Fsp3) is 0.500. The van der Waals surface area contributed by atoms with Crippen molar-refractivity contribution in [2.24, 2.45) is 4.99 Å². The summed E-state index contributed by atoms with van der Waals surface area (Å²) in [5.74, 6) is 0.471. The fourth-order valence-electron chi connectivity index (χ4n) is 1.73. The number of guanidine groups is 1. The van der Waals surface area contributed by atoms with E-state index in [1.165, 1.54) is 17.0 Å². The van der Waals surface area contributed by atoms with Crippen molar-refractivity contribution in [3.05, 3.63) is 29.8 Å². The maximum atomic E-state index is 12.2. The summed E-state index contributed by atoms with van der Waals surface area (Å²) in [7, 11) is 3.31. The van der Waals surface area contributed by atoms with E-state index in [1.54, 1.807) is 26.2 Å². The zero-order valence-electron chi connectivity index (χ0n) is 14.5. The van der Waals surface area contributed by atoms with E-state index < -0.39 is 12.8 Å². The Morgan fingerprint density at radius 1 is 1.28 bits per heavy atom. The minimum Gasteiger partial charge on any atom is -0.484 e. The summed E-state index contributed by atoms with van der Waals surface area (Å²) in [6.45, 7) is 1.48. The summed E-state index contributed by atoms with van der Waals surface area (Å²) in [4.78, 5) is 17.4. The number of halogens is 3. The molecule has 1 rings (SSSR count). The van der Waals surface area contributed by atoms with Crippen molar-refractivity contribution in [2.75, 3.05) is 33.8 Å². The number of aliphatic imine (C=N–C) groups is 1. The number of nitrogens with one attached hydrogen (secondary N) is 2. The molecule has 0 saturated heterocycles. The third-order valence-electron chi connectivity index (χ3n) is 2.97. The highest BCUT2D eigenvalue weighted by molar-refractivity contribution is 5.86. The normalized spacial score (nSPS) is 11.8. The molecule has 0 aliphatic rings. The SMILES string of the molecule is CCNC(=NCc1cccc(OCC(F)(F)F)c1)NCC(=O)N(C)C. The van der Waals surface area contributed by atoms with E-state index in [0.29, 0.717) is 18.1 Å². The van der Waals surface area contributed by atoms with Gasteiger partial charge in [0, 0.05) is 20.6 Å². The molecule has 0 saturated carbocycles. The topological polar surface area (TPSA) is 66.0 Å². The third-order valence-corrected chi connectivity index (χ3v) is 2.97. The lowest BCUT2D eigenvalue weighted by Crippen LogP contribution is -2.42. The summed E-state index contributed by atoms with van der Waals surface area (Å²) < 4.78 is 41.3. The van der Waals surface area contributed by atoms with Crippen LogP contribution >= 0.6 is 0 Å². The van der Waals surface area contributed by atoms with Gasteiger partial charge in [-0.15, -0.1) is 0 Å². The zero-order chi connectivity index (χ0) is 18.9. The lowest BCUT2D eigenvalue weighted by Gasteiger charge is -2.14. The number of ether oxygens (including phenoxy) is 1. The first kappa shape index (κ1) is 20.6. The average molecular weight is 360 g/mol. The Morgan fingerprint density at radius 3 is 2.60 bits per heavy atom. The maximum Gasteiger partial charge on any atom is 0.422 e. The van der Waals surface area contributed by atoms with Gasteiger partial charge >= 0.3 is 6.18 Å². The Morgan fingerprint density at radius 2 is 2.00 bits per heavy atom. The average Bonchev–Trinajstić information content (AvgIpc) is 2.55. The number of amides is 1. The summed E-state index contributed by atoms with van der Waals surface area (Å²) in [6, 6.07) is 6.30. The van der Waals surface area contributed by atoms with Gasteiger partial charge in [0.05, 0.1) is 13.1 Å². The van der Waals surface area contributed by atoms with Gasteiger partial charge in [0.1, 0.15) is 5.75 Å². The lowest BCUT2D eigenvalue weighted by atomic mass is 10.2. The molecule has 0 unspecified atom stereocenters. The molecule has 0 bridgehead atoms. The lowest BCUT2D eigenvalue weighted by molar-refractivity contribution is -0.153. The first-order valence-corrected chi connectivity index (χ1v) is 7.72. The molecule has 25 heavy (non-hydrogen) atoms. The predicted molar refractivity (Wildman–Crippen MR) is 89.5 cm³/mol. The van der Waals surface area contributed by atoms with Crippen molar-refractivity contribution >= 4 is 11.9 Å². The number of nitrogens with zero attached hydrogens (tertiary/aromatic N) is 2. The van der Waals surface area contributed by atoms with Crippen molar-refractivity contribution in [3.8, 4) is 5.75 Å². The number of rotatable bonds is 7. The summed E-state index contributed by atoms with van der Waals surface area (Å²) in [6.07, 6.45) is -4.38. The van der Waals surface area contributed by atoms with E-state index >= 15 is 0 Å². The van der Waals surface area contributed by atoms with Crippen LogP contribution < -0.4 is 15.4 Å². The van der Waals surface area contributed by atoms with Gasteiger partial charge in [-0.2, -0.15) is 13.2 Å². The fourth-order valence-corrected chi connectivity index (χ4v) is 1.73. The van der Waals surface area contributed by atoms with Gasteiger partial charge in [0.2, 0.25) is 5.91 Å². The highest BCUT2D eigenvalue weighted by atomic mass is 19.4. The van der Waals surface area contributed by atoms with Crippen LogP contribution in [0, 0.1) is 0 Å². The molecule has 1 aromatic carbocycles. The van der Waals surface area contributed by atoms with Crippen LogP contribution in [0.15, 0.2) is 29.3 Å². The molecule has 0 atom stereocenters. The van der Waals surface area contributed by atoms with E-state index in [1.807, 2.05) is 6.92 Å². The molecule has 140 valence electrons. The van der Waals surface area contributed by atoms with Crippen LogP contribution in [0.5, 0.6) is 5.75 Å². The standard InChI is InChI=1S/C16H23F3N4O2/c1-4-20-15(22-10-14(24)23(2)3)21-9-12-6-5-7-13(8-12)25-11-16(17,18)19/h5-8H,4,9-11H2,1-3H3,(H2,20,21,22). The highest BCUT2D eigenvalue weighted by Crippen LogP contribution is 2.19. The Kier molecular flexibility index (Phi) is 8.03. The van der Waals surface area contributed by atoms with Gasteiger partial charge < -0.3 is 20.3 Å². The predicted octanol–water partition coefficient (Wildman–Crippen LogP) is 1.77. The molecular weight excluding hydrogens is 337 g/mol. The zero-order valence-corrected chi connectivity index (χ0v) is 14.5. The molecule has 1 aromatic rings. The van der Waals surface area contributed by atoms with Gasteiger partial charge in [-0.25, -0.2) is 4.99 Å². The molecule has 2 N–H and O–H groups in total. The number of likely N-dealkylation sites (N-methyl/N-ethyl adjacent to an activating group) is 1. The molecule has 9 heteroatoms. The van der Waals surface area contributed by atoms with Crippen LogP contribution in [0.25, 0.3) is 0 Å². The number of hydrogen-bond acceptors (Lipinski definition) is 3. The molecule has 0 aliphatic carbocycles. The van der Waals surface area contributed by atoms with Crippen molar-refractivity contribution in [2.45, 2.75) is 19.6 Å². The Bertz CT molecular complexity index is 589. The molecule has 6 nitrogen and oxygen atoms in total. The third kappa shape index (κ3) is 8.83. The van der Waals surface area contributed by atoms with Crippen LogP contribution in [-0.4, -0.2) is 56.7 Å². The largest absolute Gasteiger partial charge is 0.484 e. The van der Waals surface area contributed by atoms with Gasteiger partial charge in [-0.3, -0.25) is 4.79 Å². The molecule has 0 spiro atoms. The van der Waals surface area contributed by atoms with Crippen molar-refractivity contribution < 1.29 is 22.7 Å². The van der Waals surface area contributed by atoms with Gasteiger partial charge in [-0.05, 0) is 24.6 Å². The molecule has 0 fully saturated rings. The molecule has 1 amide bonds. The molecule has 0 radical (unpaired) electrons. The molecular formula is C16H23F3N4O2. The first-order valence-electron chi connectivity index (χ1n) is 7.72. The second-order valence-electron chi connectivity index (χ2n) is 5.39. The number of hydrogen-bond donors (Lipinski definition) is 2. The number of alkyl halides is 3. The molecule has 0 aromatic heterocycles. The van der Waals surface area contributed by atoms with Crippen LogP contribution in [-0.2, 0) is 11.3 Å². The minimum absolute atomic E-state index is 0.0908. The monoisotopic (exact) mass is 360 g/mol. The van der Waals surface area contributed by atoms with E-state index in [4.69, 9.17) is 4.74 Å². The van der Waals surface area contributed by atoms with E-state index in [9.17, 15) is 18.0 Å². The number of carbonyl (C=O) groups excluding carboxylic acids is 1. The van der Waals surface area contributed by atoms with Crippen molar-refractivity contribution in [3.63, 3.8) is 0 Å². The Balaban J connectivity index is 2.67. The summed E-state index contributed by atoms with van der Waals surface area (Å²) in [5.41, 5.74) is 0.691. The highest BCUT2D eigenvalue weighted by Gasteiger charge is 2.28. The van der Waals surface area contributed by atoms with Crippen LogP contribution in [0.4, 0.5) is 13.2 Å². The molecule has 0 heterocycles. The van der Waals surface area contributed by atoms with E-state index in [0.717, 1.165) is 0 Å². The smallest absolute Gasteiger partial charge is 0.422 e. The van der Waals surface area contributed by atoms with E-state index in [-0.39, 0.29) is 24.7 Å². The van der Waals surface area contributed by atoms with Crippen LogP contribution in [0.1, 0.15) is 12.5 Å². The second kappa shape index (κ2) is 9.75. The van der Waals surface area contributed by atoms with Gasteiger partial charge in [0.15, 0.2) is 12.6 Å². The van der Waals surface area contributed by atoms with E-state index in [2.05, 4.69) is 15.6 Å². The maximum absolute atomic E-state index is 12.2. The van der Waals surface area contributed by atoms with Crippen LogP contribution in [0.3, 0.4) is 0 Å². The summed E-state index contributed by atoms with van der Waals surface area (Å²) in [5, 5.41) is 5.89. The first-order chi connectivity index (χ1) is 11.7. The Labute approximate surface area is 145 Å². The van der Waals surface area contributed by atoms with Crippen molar-refractivity contribution in [1.82, 2.24) is 15.5 Å².